The smallest absolute Gasteiger partial charge is 0.122 e. The molecule has 160 valence electrons. The van der Waals surface area contributed by atoms with Crippen molar-refractivity contribution < 1.29 is 0 Å². The Kier molecular flexibility index (Phi) is 10.5. The Morgan fingerprint density at radius 3 is 0.931 bits per heavy atom. The number of hydrogen-bond acceptors (Lipinski definition) is 3. The van der Waals surface area contributed by atoms with E-state index in [1.807, 2.05) is 11.8 Å². The normalized spacial score (nSPS) is 12.3. The van der Waals surface area contributed by atoms with Gasteiger partial charge in [0.05, 0.1) is 0 Å². The Labute approximate surface area is 193 Å². The lowest BCUT2D eigenvalue weighted by Gasteiger charge is -2.27. The standard InChI is InChI=1S/C24H38S3Si2/c1-7-28(8-2,9-3)26-23-17-13-21(14-18-23)25-22-15-19-24(20-16-22)27-29(10-4,11-5)12-6/h13-20H,7-12H2,1-6H3. The third-order valence-electron chi connectivity index (χ3n) is 6.42. The maximum atomic E-state index is 2.38. The van der Waals surface area contributed by atoms with Gasteiger partial charge in [0.15, 0.2) is 0 Å². The van der Waals surface area contributed by atoms with Gasteiger partial charge in [-0.25, -0.2) is 0 Å². The molecule has 0 heterocycles. The van der Waals surface area contributed by atoms with E-state index in [-0.39, 0.29) is 0 Å². The molecule has 0 N–H and O–H groups in total. The summed E-state index contributed by atoms with van der Waals surface area (Å²) in [6.07, 6.45) is 0. The molecule has 0 fully saturated rings. The number of rotatable bonds is 12. The highest BCUT2D eigenvalue weighted by atomic mass is 32.4. The molecule has 0 spiro atoms. The van der Waals surface area contributed by atoms with Crippen LogP contribution in [0.3, 0.4) is 0 Å². The van der Waals surface area contributed by atoms with E-state index in [4.69, 9.17) is 0 Å². The average Bonchev–Trinajstić information content (AvgIpc) is 2.78. The minimum atomic E-state index is -1.17. The van der Waals surface area contributed by atoms with Gasteiger partial charge in [0.2, 0.25) is 0 Å². The van der Waals surface area contributed by atoms with Gasteiger partial charge in [-0.05, 0) is 48.5 Å². The Bertz CT molecular complexity index is 641. The van der Waals surface area contributed by atoms with Crippen LogP contribution in [0.1, 0.15) is 41.5 Å². The van der Waals surface area contributed by atoms with E-state index in [1.54, 1.807) is 0 Å². The quantitative estimate of drug-likeness (QED) is 0.278. The van der Waals surface area contributed by atoms with Gasteiger partial charge in [-0.15, -0.1) is 0 Å². The molecule has 29 heavy (non-hydrogen) atoms. The van der Waals surface area contributed by atoms with E-state index < -0.39 is 14.4 Å². The summed E-state index contributed by atoms with van der Waals surface area (Å²) < 4.78 is 0. The predicted molar refractivity (Wildman–Crippen MR) is 143 cm³/mol. The lowest BCUT2D eigenvalue weighted by Crippen LogP contribution is -2.26. The molecule has 0 bridgehead atoms. The van der Waals surface area contributed by atoms with Crippen LogP contribution in [0.15, 0.2) is 68.1 Å². The molecule has 0 saturated carbocycles. The Balaban J connectivity index is 2.02. The number of benzene rings is 2. The van der Waals surface area contributed by atoms with Gasteiger partial charge < -0.3 is 0 Å². The zero-order valence-electron chi connectivity index (χ0n) is 19.1. The summed E-state index contributed by atoms with van der Waals surface area (Å²) >= 11 is 6.27. The van der Waals surface area contributed by atoms with Gasteiger partial charge in [-0.1, -0.05) is 89.6 Å². The Hall–Kier alpha value is -0.0762. The zero-order chi connectivity index (χ0) is 21.3. The molecule has 0 saturated heterocycles. The van der Waals surface area contributed by atoms with Crippen molar-refractivity contribution in [3.8, 4) is 0 Å². The van der Waals surface area contributed by atoms with Crippen LogP contribution in [0.4, 0.5) is 0 Å². The van der Waals surface area contributed by atoms with Crippen molar-refractivity contribution >= 4 is 48.6 Å². The highest BCUT2D eigenvalue weighted by Crippen LogP contribution is 2.40. The first-order chi connectivity index (χ1) is 14.0. The molecule has 5 heteroatoms. The maximum absolute atomic E-state index is 2.38. The van der Waals surface area contributed by atoms with Crippen LogP contribution in [0, 0.1) is 0 Å². The second kappa shape index (κ2) is 12.1. The summed E-state index contributed by atoms with van der Waals surface area (Å²) in [5.41, 5.74) is 0. The van der Waals surface area contributed by atoms with Gasteiger partial charge in [0, 0.05) is 19.6 Å². The van der Waals surface area contributed by atoms with Crippen LogP contribution in [-0.2, 0) is 0 Å². The van der Waals surface area contributed by atoms with E-state index in [9.17, 15) is 0 Å². The van der Waals surface area contributed by atoms with Gasteiger partial charge >= 0.3 is 0 Å². The van der Waals surface area contributed by atoms with Crippen LogP contribution in [0.25, 0.3) is 0 Å². The summed E-state index contributed by atoms with van der Waals surface area (Å²) in [5, 5.41) is 0. The van der Waals surface area contributed by atoms with Crippen molar-refractivity contribution in [2.45, 2.75) is 97.4 Å². The fourth-order valence-corrected chi connectivity index (χ4v) is 16.4. The van der Waals surface area contributed by atoms with E-state index in [0.717, 1.165) is 0 Å². The molecule has 0 nitrogen and oxygen atoms in total. The molecule has 0 aliphatic heterocycles. The van der Waals surface area contributed by atoms with Crippen molar-refractivity contribution in [2.24, 2.45) is 0 Å². The van der Waals surface area contributed by atoms with Crippen molar-refractivity contribution in [2.75, 3.05) is 0 Å². The topological polar surface area (TPSA) is 0 Å². The first-order valence-corrected chi connectivity index (χ1v) is 20.4. The van der Waals surface area contributed by atoms with Gasteiger partial charge in [-0.3, -0.25) is 0 Å². The van der Waals surface area contributed by atoms with Crippen molar-refractivity contribution in [1.82, 2.24) is 0 Å². The third kappa shape index (κ3) is 6.96. The van der Waals surface area contributed by atoms with Crippen LogP contribution < -0.4 is 0 Å². The largest absolute Gasteiger partial charge is 0.151 e. The molecule has 2 aromatic rings. The Morgan fingerprint density at radius 2 is 0.690 bits per heavy atom. The summed E-state index contributed by atoms with van der Waals surface area (Å²) in [5.74, 6) is 0. The van der Waals surface area contributed by atoms with E-state index >= 15 is 0 Å². The van der Waals surface area contributed by atoms with Crippen LogP contribution >= 0.6 is 34.2 Å². The van der Waals surface area contributed by atoms with E-state index in [1.165, 1.54) is 55.8 Å². The van der Waals surface area contributed by atoms with Crippen molar-refractivity contribution in [3.63, 3.8) is 0 Å². The molecule has 0 atom stereocenters. The summed E-state index contributed by atoms with van der Waals surface area (Å²) in [6.45, 7) is 14.3. The molecular formula is C24H38S3Si2. The SMILES string of the molecule is CC[Si](CC)(CC)Sc1ccc(Sc2ccc(S[Si](CC)(CC)CC)cc2)cc1. The molecule has 2 rings (SSSR count). The summed E-state index contributed by atoms with van der Waals surface area (Å²) in [7, 11) is -2.35. The fourth-order valence-electron chi connectivity index (χ4n) is 3.72. The van der Waals surface area contributed by atoms with Gasteiger partial charge in [-0.2, -0.15) is 22.4 Å². The average molecular weight is 479 g/mol. The first kappa shape index (κ1) is 25.2. The third-order valence-corrected chi connectivity index (χ3v) is 26.3. The monoisotopic (exact) mass is 478 g/mol. The molecule has 0 radical (unpaired) electrons. The fraction of sp³-hybridized carbons (Fsp3) is 0.500. The number of hydrogen-bond donors (Lipinski definition) is 0. The van der Waals surface area contributed by atoms with Crippen LogP contribution in [-0.4, -0.2) is 14.4 Å². The lowest BCUT2D eigenvalue weighted by molar-refractivity contribution is 1.22. The highest BCUT2D eigenvalue weighted by Gasteiger charge is 2.29. The minimum Gasteiger partial charge on any atom is -0.151 e. The lowest BCUT2D eigenvalue weighted by atomic mass is 10.4. The molecular weight excluding hydrogens is 441 g/mol. The molecule has 0 aliphatic carbocycles. The molecule has 2 aromatic carbocycles. The Morgan fingerprint density at radius 1 is 0.448 bits per heavy atom. The summed E-state index contributed by atoms with van der Waals surface area (Å²) in [6, 6.07) is 26.8. The zero-order valence-corrected chi connectivity index (χ0v) is 23.5. The van der Waals surface area contributed by atoms with Gasteiger partial charge in [0.25, 0.3) is 0 Å². The maximum Gasteiger partial charge on any atom is 0.122 e. The van der Waals surface area contributed by atoms with Crippen LogP contribution in [0.5, 0.6) is 0 Å². The van der Waals surface area contributed by atoms with E-state index in [2.05, 4.69) is 112 Å². The van der Waals surface area contributed by atoms with Crippen molar-refractivity contribution in [3.05, 3.63) is 48.5 Å². The molecule has 0 unspecified atom stereocenters. The second-order valence-electron chi connectivity index (χ2n) is 7.74. The van der Waals surface area contributed by atoms with E-state index in [0.29, 0.717) is 0 Å². The molecule has 0 aliphatic rings. The highest BCUT2D eigenvalue weighted by molar-refractivity contribution is 8.29. The van der Waals surface area contributed by atoms with Gasteiger partial charge in [0.1, 0.15) is 14.4 Å². The van der Waals surface area contributed by atoms with Crippen LogP contribution in [0.2, 0.25) is 36.3 Å². The first-order valence-electron chi connectivity index (χ1n) is 11.2. The minimum absolute atomic E-state index is 1.17. The molecule has 0 aromatic heterocycles. The molecule has 0 amide bonds. The summed E-state index contributed by atoms with van der Waals surface area (Å²) in [4.78, 5) is 5.59. The van der Waals surface area contributed by atoms with Crippen molar-refractivity contribution in [1.29, 1.82) is 0 Å². The second-order valence-corrected chi connectivity index (χ2v) is 25.6. The predicted octanol–water partition coefficient (Wildman–Crippen LogP) is 10.0.